The maximum Gasteiger partial charge on any atom is 0.165 e. The monoisotopic (exact) mass is 374 g/mol. The molecule has 0 radical (unpaired) electrons. The molecule has 0 fully saturated rings. The minimum absolute atomic E-state index is 0.0965. The van der Waals surface area contributed by atoms with Crippen molar-refractivity contribution in [2.75, 3.05) is 0 Å². The van der Waals surface area contributed by atoms with E-state index in [1.165, 1.54) is 6.07 Å². The van der Waals surface area contributed by atoms with Gasteiger partial charge < -0.3 is 14.6 Å². The lowest BCUT2D eigenvalue weighted by atomic mass is 10.2. The molecule has 3 aromatic rings. The molecule has 128 valence electrons. The highest BCUT2D eigenvalue weighted by molar-refractivity contribution is 6.31. The first kappa shape index (κ1) is 17.5. The molecule has 25 heavy (non-hydrogen) atoms. The van der Waals surface area contributed by atoms with Crippen molar-refractivity contribution in [2.24, 2.45) is 0 Å². The number of halogens is 2. The van der Waals surface area contributed by atoms with Crippen LogP contribution in [0.15, 0.2) is 66.7 Å². The van der Waals surface area contributed by atoms with E-state index in [1.807, 2.05) is 42.5 Å². The van der Waals surface area contributed by atoms with Crippen molar-refractivity contribution in [3.05, 3.63) is 87.9 Å². The number of hydrogen-bond acceptors (Lipinski definition) is 3. The van der Waals surface area contributed by atoms with Crippen molar-refractivity contribution in [3.8, 4) is 17.2 Å². The van der Waals surface area contributed by atoms with Gasteiger partial charge >= 0.3 is 0 Å². The largest absolute Gasteiger partial charge is 0.508 e. The summed E-state index contributed by atoms with van der Waals surface area (Å²) in [6, 6.07) is 19.6. The Morgan fingerprint density at radius 1 is 0.680 bits per heavy atom. The number of phenols is 1. The van der Waals surface area contributed by atoms with Gasteiger partial charge in [0, 0.05) is 27.2 Å². The molecule has 0 aliphatic carbocycles. The Bertz CT molecular complexity index is 865. The molecule has 0 atom stereocenters. The Balaban J connectivity index is 1.74. The SMILES string of the molecule is Oc1ccc(OCc2ccccc2Cl)c(OCc2ccccc2Cl)c1. The number of rotatable bonds is 6. The summed E-state index contributed by atoms with van der Waals surface area (Å²) in [5.41, 5.74) is 1.72. The van der Waals surface area contributed by atoms with Crippen LogP contribution in [0, 0.1) is 0 Å². The maximum absolute atomic E-state index is 9.74. The molecule has 3 nitrogen and oxygen atoms in total. The fraction of sp³-hybridized carbons (Fsp3) is 0.100. The van der Waals surface area contributed by atoms with Crippen molar-refractivity contribution in [3.63, 3.8) is 0 Å². The van der Waals surface area contributed by atoms with E-state index >= 15 is 0 Å². The molecule has 0 aliphatic heterocycles. The van der Waals surface area contributed by atoms with E-state index in [9.17, 15) is 5.11 Å². The number of ether oxygens (including phenoxy) is 2. The number of benzene rings is 3. The lowest BCUT2D eigenvalue weighted by Gasteiger charge is -2.14. The minimum atomic E-state index is 0.0965. The third-order valence-corrected chi connectivity index (χ3v) is 4.35. The van der Waals surface area contributed by atoms with Gasteiger partial charge in [0.15, 0.2) is 11.5 Å². The standard InChI is InChI=1S/C20H16Cl2O3/c21-17-7-3-1-5-14(17)12-24-19-10-9-16(23)11-20(19)25-13-15-6-2-4-8-18(15)22/h1-11,23H,12-13H2. The molecule has 1 N–H and O–H groups in total. The summed E-state index contributed by atoms with van der Waals surface area (Å²) in [5.74, 6) is 1.05. The average Bonchev–Trinajstić information content (AvgIpc) is 2.61. The Labute approximate surface area is 156 Å². The number of aromatic hydroxyl groups is 1. The summed E-state index contributed by atoms with van der Waals surface area (Å²) in [6.07, 6.45) is 0. The van der Waals surface area contributed by atoms with Gasteiger partial charge in [-0.1, -0.05) is 59.6 Å². The molecule has 0 amide bonds. The van der Waals surface area contributed by atoms with E-state index in [1.54, 1.807) is 18.2 Å². The van der Waals surface area contributed by atoms with Gasteiger partial charge in [0.25, 0.3) is 0 Å². The van der Waals surface area contributed by atoms with E-state index in [4.69, 9.17) is 32.7 Å². The van der Waals surface area contributed by atoms with Gasteiger partial charge in [0.05, 0.1) is 0 Å². The zero-order valence-electron chi connectivity index (χ0n) is 13.3. The smallest absolute Gasteiger partial charge is 0.165 e. The van der Waals surface area contributed by atoms with Gasteiger partial charge in [0.1, 0.15) is 19.0 Å². The molecule has 0 bridgehead atoms. The van der Waals surface area contributed by atoms with E-state index < -0.39 is 0 Å². The predicted octanol–water partition coefficient (Wildman–Crippen LogP) is 5.86. The Morgan fingerprint density at radius 2 is 1.20 bits per heavy atom. The van der Waals surface area contributed by atoms with E-state index in [2.05, 4.69) is 0 Å². The number of hydrogen-bond donors (Lipinski definition) is 1. The van der Waals surface area contributed by atoms with Crippen LogP contribution in [0.5, 0.6) is 17.2 Å². The second-order valence-electron chi connectivity index (χ2n) is 5.39. The van der Waals surface area contributed by atoms with Crippen molar-refractivity contribution >= 4 is 23.2 Å². The first-order valence-electron chi connectivity index (χ1n) is 7.69. The topological polar surface area (TPSA) is 38.7 Å². The summed E-state index contributed by atoms with van der Waals surface area (Å²) in [6.45, 7) is 0.568. The van der Waals surface area contributed by atoms with E-state index in [-0.39, 0.29) is 12.4 Å². The second kappa shape index (κ2) is 8.15. The van der Waals surface area contributed by atoms with Gasteiger partial charge in [-0.3, -0.25) is 0 Å². The highest BCUT2D eigenvalue weighted by atomic mass is 35.5. The molecular formula is C20H16Cl2O3. The van der Waals surface area contributed by atoms with Gasteiger partial charge in [0.2, 0.25) is 0 Å². The zero-order valence-corrected chi connectivity index (χ0v) is 14.8. The van der Waals surface area contributed by atoms with Crippen LogP contribution in [0.25, 0.3) is 0 Å². The summed E-state index contributed by atoms with van der Waals surface area (Å²) >= 11 is 12.3. The number of phenolic OH excluding ortho intramolecular Hbond substituents is 1. The van der Waals surface area contributed by atoms with Crippen molar-refractivity contribution in [2.45, 2.75) is 13.2 Å². The van der Waals surface area contributed by atoms with Crippen molar-refractivity contribution in [1.29, 1.82) is 0 Å². The summed E-state index contributed by atoms with van der Waals surface area (Å²) < 4.78 is 11.6. The molecule has 3 aromatic carbocycles. The fourth-order valence-electron chi connectivity index (χ4n) is 2.27. The third kappa shape index (κ3) is 4.59. The van der Waals surface area contributed by atoms with Gasteiger partial charge in [-0.25, -0.2) is 0 Å². The molecule has 0 heterocycles. The highest BCUT2D eigenvalue weighted by Crippen LogP contribution is 2.33. The van der Waals surface area contributed by atoms with E-state index in [0.29, 0.717) is 28.2 Å². The van der Waals surface area contributed by atoms with Crippen LogP contribution >= 0.6 is 23.2 Å². The van der Waals surface area contributed by atoms with E-state index in [0.717, 1.165) is 11.1 Å². The van der Waals surface area contributed by atoms with Gasteiger partial charge in [-0.2, -0.15) is 0 Å². The summed E-state index contributed by atoms with van der Waals surface area (Å²) in [5, 5.41) is 11.0. The maximum atomic E-state index is 9.74. The van der Waals surface area contributed by atoms with Crippen molar-refractivity contribution in [1.82, 2.24) is 0 Å². The molecule has 3 rings (SSSR count). The van der Waals surface area contributed by atoms with Crippen LogP contribution in [0.3, 0.4) is 0 Å². The quantitative estimate of drug-likeness (QED) is 0.587. The predicted molar refractivity (Wildman–Crippen MR) is 99.7 cm³/mol. The van der Waals surface area contributed by atoms with Gasteiger partial charge in [-0.15, -0.1) is 0 Å². The molecule has 0 saturated carbocycles. The van der Waals surface area contributed by atoms with Crippen LogP contribution in [0.4, 0.5) is 0 Å². The first-order valence-corrected chi connectivity index (χ1v) is 8.44. The van der Waals surface area contributed by atoms with Crippen LogP contribution < -0.4 is 9.47 Å². The van der Waals surface area contributed by atoms with Crippen LogP contribution in [-0.4, -0.2) is 5.11 Å². The Kier molecular flexibility index (Phi) is 5.69. The fourth-order valence-corrected chi connectivity index (χ4v) is 2.65. The van der Waals surface area contributed by atoms with Gasteiger partial charge in [-0.05, 0) is 24.3 Å². The molecule has 0 unspecified atom stereocenters. The molecule has 0 spiro atoms. The molecule has 0 saturated heterocycles. The molecule has 5 heteroatoms. The highest BCUT2D eigenvalue weighted by Gasteiger charge is 2.09. The molecular weight excluding hydrogens is 359 g/mol. The Hall–Kier alpha value is -2.36. The average molecular weight is 375 g/mol. The summed E-state index contributed by atoms with van der Waals surface area (Å²) in [4.78, 5) is 0. The molecule has 0 aromatic heterocycles. The zero-order chi connectivity index (χ0) is 17.6. The van der Waals surface area contributed by atoms with Crippen LogP contribution in [-0.2, 0) is 13.2 Å². The Morgan fingerprint density at radius 3 is 1.76 bits per heavy atom. The second-order valence-corrected chi connectivity index (χ2v) is 6.21. The lowest BCUT2D eigenvalue weighted by Crippen LogP contribution is -2.01. The van der Waals surface area contributed by atoms with Crippen LogP contribution in [0.1, 0.15) is 11.1 Å². The normalized spacial score (nSPS) is 10.5. The van der Waals surface area contributed by atoms with Crippen LogP contribution in [0.2, 0.25) is 10.0 Å². The minimum Gasteiger partial charge on any atom is -0.508 e. The first-order chi connectivity index (χ1) is 12.1. The van der Waals surface area contributed by atoms with Crippen molar-refractivity contribution < 1.29 is 14.6 Å². The third-order valence-electron chi connectivity index (χ3n) is 3.61. The summed E-state index contributed by atoms with van der Waals surface area (Å²) in [7, 11) is 0. The lowest BCUT2D eigenvalue weighted by molar-refractivity contribution is 0.254. The molecule has 0 aliphatic rings.